The highest BCUT2D eigenvalue weighted by atomic mass is 16.5. The summed E-state index contributed by atoms with van der Waals surface area (Å²) < 4.78 is 5.53. The molecule has 0 saturated carbocycles. The summed E-state index contributed by atoms with van der Waals surface area (Å²) in [4.78, 5) is 14.2. The van der Waals surface area contributed by atoms with Gasteiger partial charge in [0.2, 0.25) is 5.91 Å². The third kappa shape index (κ3) is 2.34. The highest BCUT2D eigenvalue weighted by Crippen LogP contribution is 2.32. The second-order valence-corrected chi connectivity index (χ2v) is 5.65. The number of amides is 1. The zero-order valence-corrected chi connectivity index (χ0v) is 11.1. The van der Waals surface area contributed by atoms with Crippen molar-refractivity contribution in [3.63, 3.8) is 0 Å². The number of fused-ring (bicyclic) bond motifs is 1. The van der Waals surface area contributed by atoms with Crippen molar-refractivity contribution in [2.24, 2.45) is 11.1 Å². The quantitative estimate of drug-likeness (QED) is 0.824. The largest absolute Gasteiger partial charge is 0.490 e. The molecule has 18 heavy (non-hydrogen) atoms. The van der Waals surface area contributed by atoms with Gasteiger partial charge in [0.05, 0.1) is 18.3 Å². The summed E-state index contributed by atoms with van der Waals surface area (Å²) in [7, 11) is 0. The average Bonchev–Trinajstić information content (AvgIpc) is 2.35. The van der Waals surface area contributed by atoms with Crippen LogP contribution in [0.15, 0.2) is 24.3 Å². The molecular weight excluding hydrogens is 228 g/mol. The Morgan fingerprint density at radius 3 is 2.72 bits per heavy atom. The Labute approximate surface area is 108 Å². The molecule has 0 spiro atoms. The number of hydrogen-bond donors (Lipinski definition) is 1. The second-order valence-electron chi connectivity index (χ2n) is 5.65. The third-order valence-electron chi connectivity index (χ3n) is 3.19. The van der Waals surface area contributed by atoms with Gasteiger partial charge in [0.1, 0.15) is 12.4 Å². The van der Waals surface area contributed by atoms with Gasteiger partial charge < -0.3 is 15.4 Å². The Morgan fingerprint density at radius 2 is 2.06 bits per heavy atom. The molecule has 1 aromatic rings. The van der Waals surface area contributed by atoms with Crippen LogP contribution in [0.4, 0.5) is 5.69 Å². The van der Waals surface area contributed by atoms with Gasteiger partial charge in [-0.15, -0.1) is 0 Å². The van der Waals surface area contributed by atoms with Crippen molar-refractivity contribution in [1.29, 1.82) is 0 Å². The molecule has 1 atom stereocenters. The van der Waals surface area contributed by atoms with Crippen LogP contribution in [0.3, 0.4) is 0 Å². The van der Waals surface area contributed by atoms with Gasteiger partial charge in [-0.05, 0) is 17.5 Å². The number of hydrogen-bond acceptors (Lipinski definition) is 3. The van der Waals surface area contributed by atoms with Crippen LogP contribution in [0.25, 0.3) is 0 Å². The molecule has 0 bridgehead atoms. The van der Waals surface area contributed by atoms with E-state index in [4.69, 9.17) is 10.5 Å². The van der Waals surface area contributed by atoms with Crippen molar-refractivity contribution < 1.29 is 9.53 Å². The van der Waals surface area contributed by atoms with Crippen molar-refractivity contribution in [1.82, 2.24) is 0 Å². The maximum Gasteiger partial charge on any atom is 0.244 e. The lowest BCUT2D eigenvalue weighted by atomic mass is 9.86. The normalized spacial score (nSPS) is 16.8. The predicted octanol–water partition coefficient (Wildman–Crippen LogP) is 1.79. The molecule has 0 saturated heterocycles. The molecule has 1 heterocycles. The van der Waals surface area contributed by atoms with E-state index in [2.05, 4.69) is 0 Å². The molecule has 2 rings (SSSR count). The van der Waals surface area contributed by atoms with Crippen molar-refractivity contribution in [3.05, 3.63) is 24.3 Å². The molecule has 0 aliphatic carbocycles. The van der Waals surface area contributed by atoms with Crippen LogP contribution in [-0.4, -0.2) is 25.1 Å². The fourth-order valence-electron chi connectivity index (χ4n) is 1.94. The van der Waals surface area contributed by atoms with Gasteiger partial charge in [-0.25, -0.2) is 0 Å². The number of carbonyl (C=O) groups excluding carboxylic acids is 1. The topological polar surface area (TPSA) is 55.6 Å². The number of carbonyl (C=O) groups is 1. The first-order valence-electron chi connectivity index (χ1n) is 6.20. The molecule has 2 N–H and O–H groups in total. The summed E-state index contributed by atoms with van der Waals surface area (Å²) in [6.45, 7) is 6.99. The summed E-state index contributed by atoms with van der Waals surface area (Å²) in [5.74, 6) is 0.705. The highest BCUT2D eigenvalue weighted by Gasteiger charge is 2.33. The minimum absolute atomic E-state index is 0.0433. The van der Waals surface area contributed by atoms with Crippen LogP contribution in [0, 0.1) is 5.41 Å². The molecule has 4 nitrogen and oxygen atoms in total. The van der Waals surface area contributed by atoms with E-state index in [9.17, 15) is 4.79 Å². The van der Waals surface area contributed by atoms with Crippen LogP contribution < -0.4 is 15.4 Å². The first-order valence-corrected chi connectivity index (χ1v) is 6.20. The molecule has 0 unspecified atom stereocenters. The van der Waals surface area contributed by atoms with E-state index in [0.29, 0.717) is 13.2 Å². The average molecular weight is 248 g/mol. The number of ether oxygens (including phenoxy) is 1. The number of rotatable bonds is 1. The zero-order valence-electron chi connectivity index (χ0n) is 11.1. The smallest absolute Gasteiger partial charge is 0.244 e. The number of nitrogens with zero attached hydrogens (tertiary/aromatic N) is 1. The van der Waals surface area contributed by atoms with Crippen molar-refractivity contribution in [2.75, 3.05) is 18.1 Å². The standard InChI is InChI=1S/C14H20N2O2/c1-14(2,3)12(15)13(17)16-8-9-18-11-7-5-4-6-10(11)16/h4-7,12H,8-9,15H2,1-3H3/t12-/m1/s1. The Kier molecular flexibility index (Phi) is 3.30. The van der Waals surface area contributed by atoms with Crippen molar-refractivity contribution >= 4 is 11.6 Å². The monoisotopic (exact) mass is 248 g/mol. The Morgan fingerprint density at radius 1 is 1.39 bits per heavy atom. The van der Waals surface area contributed by atoms with Gasteiger partial charge in [0.25, 0.3) is 0 Å². The van der Waals surface area contributed by atoms with Gasteiger partial charge in [-0.3, -0.25) is 4.79 Å². The molecule has 0 aromatic heterocycles. The summed E-state index contributed by atoms with van der Waals surface area (Å²) >= 11 is 0. The number of nitrogens with two attached hydrogens (primary N) is 1. The van der Waals surface area contributed by atoms with E-state index in [-0.39, 0.29) is 11.3 Å². The van der Waals surface area contributed by atoms with E-state index in [1.54, 1.807) is 4.90 Å². The molecule has 0 fully saturated rings. The predicted molar refractivity (Wildman–Crippen MR) is 71.7 cm³/mol. The van der Waals surface area contributed by atoms with E-state index >= 15 is 0 Å². The summed E-state index contributed by atoms with van der Waals surface area (Å²) in [6.07, 6.45) is 0. The Balaban J connectivity index is 2.28. The number of benzene rings is 1. The van der Waals surface area contributed by atoms with Gasteiger partial charge in [-0.1, -0.05) is 32.9 Å². The van der Waals surface area contributed by atoms with E-state index in [0.717, 1.165) is 11.4 Å². The highest BCUT2D eigenvalue weighted by molar-refractivity contribution is 5.99. The summed E-state index contributed by atoms with van der Waals surface area (Å²) in [5.41, 5.74) is 6.62. The molecular formula is C14H20N2O2. The van der Waals surface area contributed by atoms with Gasteiger partial charge in [0.15, 0.2) is 0 Å². The van der Waals surface area contributed by atoms with Gasteiger partial charge in [-0.2, -0.15) is 0 Å². The zero-order chi connectivity index (χ0) is 13.3. The summed E-state index contributed by atoms with van der Waals surface area (Å²) in [5, 5.41) is 0. The maximum absolute atomic E-state index is 12.5. The maximum atomic E-state index is 12.5. The van der Waals surface area contributed by atoms with Crippen molar-refractivity contribution in [2.45, 2.75) is 26.8 Å². The fourth-order valence-corrected chi connectivity index (χ4v) is 1.94. The van der Waals surface area contributed by atoms with E-state index in [1.807, 2.05) is 45.0 Å². The molecule has 1 aliphatic heterocycles. The molecule has 1 aliphatic rings. The van der Waals surface area contributed by atoms with E-state index < -0.39 is 6.04 Å². The second kappa shape index (κ2) is 4.61. The van der Waals surface area contributed by atoms with Gasteiger partial charge >= 0.3 is 0 Å². The van der Waals surface area contributed by atoms with E-state index in [1.165, 1.54) is 0 Å². The first-order chi connectivity index (χ1) is 8.41. The van der Waals surface area contributed by atoms with Gasteiger partial charge in [0, 0.05) is 0 Å². The number of anilines is 1. The van der Waals surface area contributed by atoms with Crippen LogP contribution in [0.1, 0.15) is 20.8 Å². The van der Waals surface area contributed by atoms with Crippen LogP contribution in [0.2, 0.25) is 0 Å². The van der Waals surface area contributed by atoms with Crippen LogP contribution in [0.5, 0.6) is 5.75 Å². The van der Waals surface area contributed by atoms with Crippen LogP contribution >= 0.6 is 0 Å². The fraction of sp³-hybridized carbons (Fsp3) is 0.500. The molecule has 0 radical (unpaired) electrons. The lowest BCUT2D eigenvalue weighted by Gasteiger charge is -2.35. The van der Waals surface area contributed by atoms with Crippen LogP contribution in [-0.2, 0) is 4.79 Å². The molecule has 1 aromatic carbocycles. The Hall–Kier alpha value is -1.55. The summed E-state index contributed by atoms with van der Waals surface area (Å²) in [6, 6.07) is 7.05. The third-order valence-corrected chi connectivity index (χ3v) is 3.19. The first kappa shape index (κ1) is 12.9. The molecule has 4 heteroatoms. The Bertz CT molecular complexity index is 451. The minimum atomic E-state index is -0.511. The molecule has 1 amide bonds. The lowest BCUT2D eigenvalue weighted by Crippen LogP contribution is -2.52. The lowest BCUT2D eigenvalue weighted by molar-refractivity contribution is -0.122. The van der Waals surface area contributed by atoms with Crippen molar-refractivity contribution in [3.8, 4) is 5.75 Å². The molecule has 98 valence electrons. The SMILES string of the molecule is CC(C)(C)[C@H](N)C(=O)N1CCOc2ccccc21. The minimum Gasteiger partial charge on any atom is -0.490 e. The number of para-hydroxylation sites is 2.